The van der Waals surface area contributed by atoms with Crippen LogP contribution in [-0.4, -0.2) is 29.8 Å². The number of aromatic nitrogens is 1. The third-order valence-electron chi connectivity index (χ3n) is 2.71. The number of pyridine rings is 1. The molecule has 3 N–H and O–H groups in total. The zero-order valence-electron chi connectivity index (χ0n) is 11.3. The maximum Gasteiger partial charge on any atom is 0.168 e. The van der Waals surface area contributed by atoms with Gasteiger partial charge in [-0.05, 0) is 18.8 Å². The summed E-state index contributed by atoms with van der Waals surface area (Å²) in [6.45, 7) is 5.02. The van der Waals surface area contributed by atoms with E-state index in [1.807, 2.05) is 13.8 Å². The zero-order chi connectivity index (χ0) is 14.3. The lowest BCUT2D eigenvalue weighted by Crippen LogP contribution is -2.15. The van der Waals surface area contributed by atoms with E-state index >= 15 is 0 Å². The van der Waals surface area contributed by atoms with Crippen molar-refractivity contribution < 1.29 is 13.9 Å². The van der Waals surface area contributed by atoms with Crippen molar-refractivity contribution in [2.24, 2.45) is 5.92 Å². The molecule has 1 unspecified atom stereocenters. The van der Waals surface area contributed by atoms with Crippen LogP contribution in [0.25, 0.3) is 0 Å². The van der Waals surface area contributed by atoms with Gasteiger partial charge in [0.25, 0.3) is 0 Å². The summed E-state index contributed by atoms with van der Waals surface area (Å²) in [5, 5.41) is 14.4. The minimum atomic E-state index is -0.712. The van der Waals surface area contributed by atoms with Crippen molar-refractivity contribution >= 4 is 11.6 Å². The van der Waals surface area contributed by atoms with Gasteiger partial charge in [-0.3, -0.25) is 0 Å². The van der Waals surface area contributed by atoms with E-state index in [-0.39, 0.29) is 24.2 Å². The fourth-order valence-electron chi connectivity index (χ4n) is 1.55. The van der Waals surface area contributed by atoms with Gasteiger partial charge in [-0.1, -0.05) is 13.8 Å². The first-order valence-electron chi connectivity index (χ1n) is 6.53. The third-order valence-corrected chi connectivity index (χ3v) is 2.71. The van der Waals surface area contributed by atoms with Crippen LogP contribution >= 0.6 is 0 Å². The Kier molecular flexibility index (Phi) is 6.49. The number of aliphatic hydroxyl groups is 1. The van der Waals surface area contributed by atoms with E-state index in [4.69, 9.17) is 5.11 Å². The minimum Gasteiger partial charge on any atom is -0.396 e. The molecule has 0 aliphatic heterocycles. The van der Waals surface area contributed by atoms with Crippen molar-refractivity contribution in [2.45, 2.75) is 26.7 Å². The largest absolute Gasteiger partial charge is 0.396 e. The Labute approximate surface area is 112 Å². The number of nitrogens with zero attached hydrogens (tertiary/aromatic N) is 1. The van der Waals surface area contributed by atoms with Crippen LogP contribution in [0.15, 0.2) is 6.07 Å². The Balaban J connectivity index is 2.71. The molecule has 0 aliphatic rings. The highest BCUT2D eigenvalue weighted by molar-refractivity contribution is 5.47. The smallest absolute Gasteiger partial charge is 0.168 e. The fourth-order valence-corrected chi connectivity index (χ4v) is 1.55. The van der Waals surface area contributed by atoms with Crippen LogP contribution in [-0.2, 0) is 0 Å². The molecule has 0 radical (unpaired) electrons. The highest BCUT2D eigenvalue weighted by Gasteiger charge is 2.12. The van der Waals surface area contributed by atoms with Gasteiger partial charge in [0.15, 0.2) is 23.3 Å². The van der Waals surface area contributed by atoms with Gasteiger partial charge in [0.2, 0.25) is 0 Å². The quantitative estimate of drug-likeness (QED) is 0.681. The molecule has 1 aromatic rings. The summed E-state index contributed by atoms with van der Waals surface area (Å²) in [5.41, 5.74) is 0. The number of halogens is 2. The first kappa shape index (κ1) is 15.6. The van der Waals surface area contributed by atoms with Crippen molar-refractivity contribution in [1.82, 2.24) is 4.98 Å². The number of hydrogen-bond donors (Lipinski definition) is 3. The lowest BCUT2D eigenvalue weighted by atomic mass is 10.1. The van der Waals surface area contributed by atoms with Gasteiger partial charge in [0.05, 0.1) is 0 Å². The molecular formula is C13H21F2N3O. The molecule has 0 spiro atoms. The second kappa shape index (κ2) is 7.89. The van der Waals surface area contributed by atoms with Crippen molar-refractivity contribution in [3.63, 3.8) is 0 Å². The molecule has 19 heavy (non-hydrogen) atoms. The summed E-state index contributed by atoms with van der Waals surface area (Å²) in [7, 11) is 0. The Bertz CT molecular complexity index is 402. The van der Waals surface area contributed by atoms with Gasteiger partial charge < -0.3 is 15.7 Å². The standard InChI is InChI=1S/C13H21F2N3O/c1-3-5-16-12-10(14)7-11(15)13(18-12)17-8-9(2)4-6-19/h7,9,19H,3-6,8H2,1-2H3,(H2,16,17,18). The number of aliphatic hydroxyl groups excluding tert-OH is 1. The molecule has 0 saturated carbocycles. The van der Waals surface area contributed by atoms with Crippen LogP contribution in [0.2, 0.25) is 0 Å². The monoisotopic (exact) mass is 273 g/mol. The number of nitrogens with one attached hydrogen (secondary N) is 2. The topological polar surface area (TPSA) is 57.2 Å². The van der Waals surface area contributed by atoms with E-state index in [2.05, 4.69) is 15.6 Å². The molecule has 0 bridgehead atoms. The second-order valence-electron chi connectivity index (χ2n) is 4.57. The summed E-state index contributed by atoms with van der Waals surface area (Å²) in [6, 6.07) is 0.823. The Hall–Kier alpha value is -1.43. The molecule has 6 heteroatoms. The Morgan fingerprint density at radius 2 is 1.89 bits per heavy atom. The number of rotatable bonds is 8. The van der Waals surface area contributed by atoms with E-state index in [9.17, 15) is 8.78 Å². The maximum atomic E-state index is 13.5. The van der Waals surface area contributed by atoms with Gasteiger partial charge in [0, 0.05) is 25.8 Å². The Morgan fingerprint density at radius 1 is 1.26 bits per heavy atom. The van der Waals surface area contributed by atoms with E-state index in [1.54, 1.807) is 0 Å². The van der Waals surface area contributed by atoms with Crippen LogP contribution in [0.3, 0.4) is 0 Å². The summed E-state index contributed by atoms with van der Waals surface area (Å²) in [5.74, 6) is -1.13. The third kappa shape index (κ3) is 4.98. The molecule has 1 aromatic heterocycles. The van der Waals surface area contributed by atoms with E-state index < -0.39 is 11.6 Å². The molecule has 1 heterocycles. The predicted octanol–water partition coefficient (Wildman–Crippen LogP) is 2.61. The molecule has 0 amide bonds. The van der Waals surface area contributed by atoms with Gasteiger partial charge in [0.1, 0.15) is 0 Å². The van der Waals surface area contributed by atoms with Gasteiger partial charge in [-0.15, -0.1) is 0 Å². The average Bonchev–Trinajstić information content (AvgIpc) is 2.37. The summed E-state index contributed by atoms with van der Waals surface area (Å²) < 4.78 is 27.0. The lowest BCUT2D eigenvalue weighted by Gasteiger charge is -2.14. The van der Waals surface area contributed by atoms with Crippen molar-refractivity contribution in [2.75, 3.05) is 30.3 Å². The number of anilines is 2. The molecule has 1 atom stereocenters. The molecule has 108 valence electrons. The average molecular weight is 273 g/mol. The van der Waals surface area contributed by atoms with Crippen LogP contribution in [0.1, 0.15) is 26.7 Å². The molecule has 0 fully saturated rings. The van der Waals surface area contributed by atoms with E-state index in [0.717, 1.165) is 12.5 Å². The molecule has 4 nitrogen and oxygen atoms in total. The van der Waals surface area contributed by atoms with Gasteiger partial charge >= 0.3 is 0 Å². The van der Waals surface area contributed by atoms with E-state index in [1.165, 1.54) is 0 Å². The van der Waals surface area contributed by atoms with Gasteiger partial charge in [-0.2, -0.15) is 0 Å². The zero-order valence-corrected chi connectivity index (χ0v) is 11.3. The van der Waals surface area contributed by atoms with Crippen molar-refractivity contribution in [3.05, 3.63) is 17.7 Å². The first-order valence-corrected chi connectivity index (χ1v) is 6.53. The molecule has 0 aromatic carbocycles. The minimum absolute atomic E-state index is 0.0322. The highest BCUT2D eigenvalue weighted by Crippen LogP contribution is 2.19. The van der Waals surface area contributed by atoms with Crippen LogP contribution < -0.4 is 10.6 Å². The van der Waals surface area contributed by atoms with Crippen LogP contribution in [0.5, 0.6) is 0 Å². The highest BCUT2D eigenvalue weighted by atomic mass is 19.1. The molecule has 0 saturated heterocycles. The maximum absolute atomic E-state index is 13.5. The summed E-state index contributed by atoms with van der Waals surface area (Å²) >= 11 is 0. The van der Waals surface area contributed by atoms with Crippen molar-refractivity contribution in [1.29, 1.82) is 0 Å². The van der Waals surface area contributed by atoms with Crippen LogP contribution in [0.4, 0.5) is 20.4 Å². The fraction of sp³-hybridized carbons (Fsp3) is 0.615. The number of hydrogen-bond acceptors (Lipinski definition) is 4. The van der Waals surface area contributed by atoms with Gasteiger partial charge in [-0.25, -0.2) is 13.8 Å². The Morgan fingerprint density at radius 3 is 2.47 bits per heavy atom. The van der Waals surface area contributed by atoms with E-state index in [0.29, 0.717) is 19.5 Å². The molecule has 1 rings (SSSR count). The molecular weight excluding hydrogens is 252 g/mol. The first-order chi connectivity index (χ1) is 9.08. The normalized spacial score (nSPS) is 12.3. The predicted molar refractivity (Wildman–Crippen MR) is 72.3 cm³/mol. The summed E-state index contributed by atoms with van der Waals surface area (Å²) in [6.07, 6.45) is 1.45. The van der Waals surface area contributed by atoms with Crippen LogP contribution in [0, 0.1) is 17.6 Å². The van der Waals surface area contributed by atoms with Crippen molar-refractivity contribution in [3.8, 4) is 0 Å². The lowest BCUT2D eigenvalue weighted by molar-refractivity contribution is 0.265. The molecule has 0 aliphatic carbocycles. The SMILES string of the molecule is CCCNc1nc(NCC(C)CCO)c(F)cc1F. The second-order valence-corrected chi connectivity index (χ2v) is 4.57. The summed E-state index contributed by atoms with van der Waals surface area (Å²) in [4.78, 5) is 3.91.